The van der Waals surface area contributed by atoms with Gasteiger partial charge in [-0.1, -0.05) is 0 Å². The van der Waals surface area contributed by atoms with Gasteiger partial charge in [-0.3, -0.25) is 9.69 Å². The molecule has 2 aliphatic heterocycles. The number of anilines is 1. The average Bonchev–Trinajstić information content (AvgIpc) is 2.93. The molecule has 26 heavy (non-hydrogen) atoms. The molecule has 1 aromatic carbocycles. The fraction of sp³-hybridized carbons (Fsp3) is 0.250. The van der Waals surface area contributed by atoms with E-state index in [0.29, 0.717) is 9.79 Å². The maximum absolute atomic E-state index is 14.5. The summed E-state index contributed by atoms with van der Waals surface area (Å²) in [5.41, 5.74) is -0.285. The lowest BCUT2D eigenvalue weighted by molar-refractivity contribution is -0.119. The summed E-state index contributed by atoms with van der Waals surface area (Å²) < 4.78 is 46.6. The van der Waals surface area contributed by atoms with Gasteiger partial charge in [-0.25, -0.2) is 17.8 Å². The van der Waals surface area contributed by atoms with Crippen molar-refractivity contribution < 1.29 is 27.3 Å². The van der Waals surface area contributed by atoms with Gasteiger partial charge in [0.2, 0.25) is 5.91 Å². The van der Waals surface area contributed by atoms with Crippen molar-refractivity contribution in [2.24, 2.45) is 0 Å². The topological polar surface area (TPSA) is 80.6 Å². The molecule has 2 aliphatic rings. The van der Waals surface area contributed by atoms with Crippen LogP contribution in [0.2, 0.25) is 0 Å². The van der Waals surface area contributed by atoms with Crippen molar-refractivity contribution in [1.29, 1.82) is 0 Å². The number of ether oxygens (including phenoxy) is 1. The van der Waals surface area contributed by atoms with Gasteiger partial charge in [0, 0.05) is 31.5 Å². The molecule has 136 valence electrons. The van der Waals surface area contributed by atoms with Crippen molar-refractivity contribution in [3.05, 3.63) is 36.2 Å². The lowest BCUT2D eigenvalue weighted by Crippen LogP contribution is -2.33. The van der Waals surface area contributed by atoms with E-state index < -0.39 is 34.6 Å². The maximum Gasteiger partial charge on any atom is 0.414 e. The van der Waals surface area contributed by atoms with Gasteiger partial charge in [-0.15, -0.1) is 0 Å². The third kappa shape index (κ3) is 2.75. The number of benzene rings is 1. The first-order chi connectivity index (χ1) is 12.3. The number of aromatic nitrogens is 1. The summed E-state index contributed by atoms with van der Waals surface area (Å²) in [5, 5.41) is 2.53. The summed E-state index contributed by atoms with van der Waals surface area (Å²) in [5.74, 6) is -1.99. The van der Waals surface area contributed by atoms with E-state index in [9.17, 15) is 22.6 Å². The van der Waals surface area contributed by atoms with Gasteiger partial charge in [-0.2, -0.15) is 0 Å². The second-order valence-electron chi connectivity index (χ2n) is 5.97. The number of nitrogens with one attached hydrogen (secondary N) is 1. The monoisotopic (exact) mass is 381 g/mol. The largest absolute Gasteiger partial charge is 0.442 e. The second-order valence-corrected chi connectivity index (χ2v) is 7.39. The first-order valence-electron chi connectivity index (χ1n) is 7.71. The molecule has 0 aliphatic carbocycles. The normalized spacial score (nSPS) is 18.7. The van der Waals surface area contributed by atoms with Gasteiger partial charge in [0.15, 0.2) is 11.6 Å². The Labute approximate surface area is 149 Å². The van der Waals surface area contributed by atoms with E-state index in [2.05, 4.69) is 5.32 Å². The third-order valence-corrected chi connectivity index (χ3v) is 5.38. The zero-order valence-corrected chi connectivity index (χ0v) is 14.3. The molecule has 1 saturated heterocycles. The van der Waals surface area contributed by atoms with E-state index in [-0.39, 0.29) is 30.4 Å². The smallest absolute Gasteiger partial charge is 0.414 e. The number of rotatable bonds is 4. The van der Waals surface area contributed by atoms with E-state index in [1.165, 1.54) is 23.9 Å². The Bertz CT molecular complexity index is 928. The summed E-state index contributed by atoms with van der Waals surface area (Å²) >= 11 is 0. The highest BCUT2D eigenvalue weighted by Crippen LogP contribution is 2.38. The molecule has 1 N–H and O–H groups in total. The molecule has 7 nitrogen and oxygen atoms in total. The molecule has 10 heteroatoms. The number of fused-ring (bicyclic) bond motifs is 1. The number of amides is 2. The Morgan fingerprint density at radius 2 is 1.92 bits per heavy atom. The van der Waals surface area contributed by atoms with Crippen LogP contribution in [0, 0.1) is 11.6 Å². The van der Waals surface area contributed by atoms with Crippen LogP contribution >= 0.6 is 0 Å². The average molecular weight is 381 g/mol. The number of hydrogen-bond acceptors (Lipinski definition) is 4. The van der Waals surface area contributed by atoms with Crippen LogP contribution in [-0.2, 0) is 20.3 Å². The Morgan fingerprint density at radius 1 is 1.31 bits per heavy atom. The van der Waals surface area contributed by atoms with Crippen LogP contribution in [0.5, 0.6) is 0 Å². The van der Waals surface area contributed by atoms with Crippen LogP contribution in [0.1, 0.15) is 6.92 Å². The van der Waals surface area contributed by atoms with Crippen LogP contribution in [0.4, 0.5) is 19.3 Å². The number of cyclic esters (lactones) is 1. The molecule has 3 heterocycles. The van der Waals surface area contributed by atoms with Crippen LogP contribution < -0.4 is 10.2 Å². The minimum atomic E-state index is -1.15. The van der Waals surface area contributed by atoms with Crippen molar-refractivity contribution in [3.63, 3.8) is 0 Å². The van der Waals surface area contributed by atoms with Crippen LogP contribution in [0.25, 0.3) is 5.69 Å². The molecule has 0 radical (unpaired) electrons. The molecule has 4 rings (SSSR count). The summed E-state index contributed by atoms with van der Waals surface area (Å²) in [6.45, 7) is 1.52. The Balaban J connectivity index is 1.57. The quantitative estimate of drug-likeness (QED) is 0.698. The van der Waals surface area contributed by atoms with Crippen molar-refractivity contribution in [1.82, 2.24) is 9.88 Å². The standard InChI is InChI=1S/C16H13F2N3O4S/c1-8(22)19-4-10-5-21(16(23)25-10)9-2-11(17)15(12(18)3-9)20-6-13-14(7-20)26(13)24/h2-3,6-7,10H,4-5H2,1H3,(H,19,22)/t10-/m0/s1. The van der Waals surface area contributed by atoms with Crippen molar-refractivity contribution >= 4 is 28.5 Å². The fourth-order valence-corrected chi connectivity index (χ4v) is 3.79. The molecular formula is C16H13F2N3O4S. The summed E-state index contributed by atoms with van der Waals surface area (Å²) in [6, 6.07) is 2.08. The number of carbonyl (C=O) groups excluding carboxylic acids is 2. The van der Waals surface area contributed by atoms with E-state index >= 15 is 0 Å². The predicted octanol–water partition coefficient (Wildman–Crippen LogP) is 1.70. The molecule has 1 fully saturated rings. The first kappa shape index (κ1) is 16.7. The molecule has 0 saturated carbocycles. The van der Waals surface area contributed by atoms with Gasteiger partial charge in [0.1, 0.15) is 11.8 Å². The third-order valence-electron chi connectivity index (χ3n) is 4.14. The van der Waals surface area contributed by atoms with Crippen molar-refractivity contribution in [2.45, 2.75) is 22.8 Å². The molecule has 2 aromatic rings. The Morgan fingerprint density at radius 3 is 2.50 bits per heavy atom. The molecule has 1 aromatic heterocycles. The zero-order chi connectivity index (χ0) is 18.6. The van der Waals surface area contributed by atoms with Gasteiger partial charge >= 0.3 is 6.09 Å². The van der Waals surface area contributed by atoms with Crippen LogP contribution in [-0.4, -0.2) is 40.0 Å². The Kier molecular flexibility index (Phi) is 3.79. The number of halogens is 2. The van der Waals surface area contributed by atoms with Crippen molar-refractivity contribution in [3.8, 4) is 5.69 Å². The van der Waals surface area contributed by atoms with E-state index in [1.54, 1.807) is 0 Å². The number of hydrogen-bond donors (Lipinski definition) is 1. The van der Waals surface area contributed by atoms with Crippen LogP contribution in [0.3, 0.4) is 0 Å². The highest BCUT2D eigenvalue weighted by molar-refractivity contribution is 7.90. The summed E-state index contributed by atoms with van der Waals surface area (Å²) in [7, 11) is -1.15. The van der Waals surface area contributed by atoms with E-state index in [1.807, 2.05) is 0 Å². The summed E-state index contributed by atoms with van der Waals surface area (Å²) in [4.78, 5) is 25.1. The van der Waals surface area contributed by atoms with Gasteiger partial charge in [-0.05, 0) is 0 Å². The Hall–Kier alpha value is -2.75. The first-order valence-corrected chi connectivity index (χ1v) is 8.86. The molecule has 0 spiro atoms. The lowest BCUT2D eigenvalue weighted by Gasteiger charge is -2.15. The predicted molar refractivity (Wildman–Crippen MR) is 86.7 cm³/mol. The summed E-state index contributed by atoms with van der Waals surface area (Å²) in [6.07, 6.45) is 1.49. The second kappa shape index (κ2) is 5.90. The zero-order valence-electron chi connectivity index (χ0n) is 13.5. The van der Waals surface area contributed by atoms with Gasteiger partial charge in [0.05, 0.1) is 39.4 Å². The van der Waals surface area contributed by atoms with Crippen molar-refractivity contribution in [2.75, 3.05) is 18.0 Å². The molecule has 0 bridgehead atoms. The number of nitrogens with zero attached hydrogens (tertiary/aromatic N) is 2. The molecular weight excluding hydrogens is 368 g/mol. The van der Waals surface area contributed by atoms with E-state index in [0.717, 1.165) is 17.0 Å². The van der Waals surface area contributed by atoms with Crippen LogP contribution in [0.15, 0.2) is 34.3 Å². The highest BCUT2D eigenvalue weighted by Gasteiger charge is 2.35. The molecule has 2 amide bonds. The number of carbonyl (C=O) groups is 2. The minimum absolute atomic E-state index is 0.0207. The fourth-order valence-electron chi connectivity index (χ4n) is 2.85. The highest BCUT2D eigenvalue weighted by atomic mass is 32.2. The molecule has 0 unspecified atom stereocenters. The van der Waals surface area contributed by atoms with Gasteiger partial charge < -0.3 is 14.6 Å². The maximum atomic E-state index is 14.5. The lowest BCUT2D eigenvalue weighted by atomic mass is 10.2. The molecule has 1 atom stereocenters. The minimum Gasteiger partial charge on any atom is -0.442 e. The van der Waals surface area contributed by atoms with Gasteiger partial charge in [0.25, 0.3) is 0 Å². The van der Waals surface area contributed by atoms with E-state index in [4.69, 9.17) is 4.74 Å². The SMILES string of the molecule is CC(=O)NC[C@H]1CN(c2cc(F)c(-n3cc4c(c3)S4=O)c(F)c2)C(=O)O1.